The lowest BCUT2D eigenvalue weighted by Gasteiger charge is -2.21. The fourth-order valence-electron chi connectivity index (χ4n) is 1.87. The lowest BCUT2D eigenvalue weighted by atomic mass is 9.89. The molecule has 0 aliphatic rings. The quantitative estimate of drug-likeness (QED) is 0.798. The first-order valence-corrected chi connectivity index (χ1v) is 6.64. The van der Waals surface area contributed by atoms with Crippen LogP contribution in [0.25, 0.3) is 0 Å². The molecule has 0 fully saturated rings. The highest BCUT2D eigenvalue weighted by Crippen LogP contribution is 2.22. The van der Waals surface area contributed by atoms with Gasteiger partial charge in [0.05, 0.1) is 12.7 Å². The molecule has 1 rings (SSSR count). The molecule has 1 amide bonds. The predicted molar refractivity (Wildman–Crippen MR) is 84.1 cm³/mol. The van der Waals surface area contributed by atoms with Crippen molar-refractivity contribution in [1.82, 2.24) is 20.8 Å². The summed E-state index contributed by atoms with van der Waals surface area (Å²) in [6, 6.07) is 0. The molecule has 0 aliphatic heterocycles. The highest BCUT2D eigenvalue weighted by atomic mass is 35.5. The van der Waals surface area contributed by atoms with Crippen LogP contribution in [0.1, 0.15) is 52.8 Å². The van der Waals surface area contributed by atoms with Gasteiger partial charge in [-0.05, 0) is 20.8 Å². The average molecular weight is 303 g/mol. The van der Waals surface area contributed by atoms with Crippen molar-refractivity contribution in [3.05, 3.63) is 17.5 Å². The summed E-state index contributed by atoms with van der Waals surface area (Å²) in [6.45, 7) is 13.3. The largest absolute Gasteiger partial charge is 0.350 e. The number of carbonyl (C=O) groups is 1. The molecule has 3 N–H and O–H groups in total. The van der Waals surface area contributed by atoms with Gasteiger partial charge in [-0.2, -0.15) is 5.10 Å². The molecule has 0 saturated heterocycles. The third kappa shape index (κ3) is 6.39. The van der Waals surface area contributed by atoms with Crippen molar-refractivity contribution in [1.29, 1.82) is 0 Å². The SMILES string of the molecule is CC(C)(C)NC(=O)CNCc1cn[nH]c1C(C)(C)C.Cl. The van der Waals surface area contributed by atoms with Crippen LogP contribution in [0.2, 0.25) is 0 Å². The first-order chi connectivity index (χ1) is 8.59. The van der Waals surface area contributed by atoms with Gasteiger partial charge >= 0.3 is 0 Å². The zero-order valence-electron chi connectivity index (χ0n) is 13.3. The van der Waals surface area contributed by atoms with E-state index in [9.17, 15) is 4.79 Å². The molecule has 0 unspecified atom stereocenters. The predicted octanol–water partition coefficient (Wildman–Crippen LogP) is 2.13. The summed E-state index contributed by atoms with van der Waals surface area (Å²) in [6.07, 6.45) is 1.81. The molecule has 0 aromatic carbocycles. The van der Waals surface area contributed by atoms with Crippen LogP contribution < -0.4 is 10.6 Å². The topological polar surface area (TPSA) is 69.8 Å². The molecule has 0 radical (unpaired) electrons. The fourth-order valence-corrected chi connectivity index (χ4v) is 1.87. The third-order valence-electron chi connectivity index (χ3n) is 2.58. The summed E-state index contributed by atoms with van der Waals surface area (Å²) in [4.78, 5) is 11.7. The molecule has 0 aliphatic carbocycles. The molecule has 116 valence electrons. The van der Waals surface area contributed by atoms with E-state index in [-0.39, 0.29) is 29.3 Å². The van der Waals surface area contributed by atoms with Gasteiger partial charge < -0.3 is 10.6 Å². The van der Waals surface area contributed by atoms with Crippen LogP contribution in [0.15, 0.2) is 6.20 Å². The Morgan fingerprint density at radius 3 is 2.35 bits per heavy atom. The van der Waals surface area contributed by atoms with Gasteiger partial charge in [0.1, 0.15) is 0 Å². The van der Waals surface area contributed by atoms with Crippen molar-refractivity contribution in [2.45, 2.75) is 59.0 Å². The minimum atomic E-state index is -0.190. The first kappa shape index (κ1) is 18.9. The number of aromatic amines is 1. The maximum atomic E-state index is 11.7. The number of aromatic nitrogens is 2. The third-order valence-corrected chi connectivity index (χ3v) is 2.58. The van der Waals surface area contributed by atoms with Gasteiger partial charge in [0, 0.05) is 28.8 Å². The Morgan fingerprint density at radius 1 is 1.25 bits per heavy atom. The van der Waals surface area contributed by atoms with E-state index >= 15 is 0 Å². The van der Waals surface area contributed by atoms with Crippen molar-refractivity contribution in [2.24, 2.45) is 0 Å². The molecule has 20 heavy (non-hydrogen) atoms. The van der Waals surface area contributed by atoms with E-state index in [1.165, 1.54) is 0 Å². The Kier molecular flexibility index (Phi) is 6.71. The number of carbonyl (C=O) groups excluding carboxylic acids is 1. The first-order valence-electron chi connectivity index (χ1n) is 6.64. The van der Waals surface area contributed by atoms with Crippen LogP contribution in [0.4, 0.5) is 0 Å². The van der Waals surface area contributed by atoms with E-state index < -0.39 is 0 Å². The molecular formula is C14H27ClN4O. The van der Waals surface area contributed by atoms with Gasteiger partial charge in [0.2, 0.25) is 5.91 Å². The lowest BCUT2D eigenvalue weighted by molar-refractivity contribution is -0.121. The summed E-state index contributed by atoms with van der Waals surface area (Å²) in [5, 5.41) is 13.2. The van der Waals surface area contributed by atoms with Crippen molar-refractivity contribution >= 4 is 18.3 Å². The number of halogens is 1. The van der Waals surface area contributed by atoms with E-state index in [0.29, 0.717) is 13.1 Å². The van der Waals surface area contributed by atoms with Gasteiger partial charge in [0.15, 0.2) is 0 Å². The molecule has 0 bridgehead atoms. The maximum Gasteiger partial charge on any atom is 0.234 e. The number of hydrogen-bond acceptors (Lipinski definition) is 3. The van der Waals surface area contributed by atoms with Crippen molar-refractivity contribution in [3.63, 3.8) is 0 Å². The summed E-state index contributed by atoms with van der Waals surface area (Å²) in [5.41, 5.74) is 2.05. The molecule has 0 saturated carbocycles. The van der Waals surface area contributed by atoms with Crippen molar-refractivity contribution in [2.75, 3.05) is 6.54 Å². The zero-order chi connectivity index (χ0) is 14.7. The molecule has 5 nitrogen and oxygen atoms in total. The molecule has 0 atom stereocenters. The van der Waals surface area contributed by atoms with E-state index in [2.05, 4.69) is 41.6 Å². The fraction of sp³-hybridized carbons (Fsp3) is 0.714. The minimum Gasteiger partial charge on any atom is -0.350 e. The normalized spacial score (nSPS) is 11.9. The molecule has 1 aromatic heterocycles. The van der Waals surface area contributed by atoms with Crippen molar-refractivity contribution < 1.29 is 4.79 Å². The molecule has 0 spiro atoms. The van der Waals surface area contributed by atoms with Gasteiger partial charge in [-0.1, -0.05) is 20.8 Å². The molecule has 6 heteroatoms. The maximum absolute atomic E-state index is 11.7. The summed E-state index contributed by atoms with van der Waals surface area (Å²) >= 11 is 0. The average Bonchev–Trinajstić information content (AvgIpc) is 2.62. The minimum absolute atomic E-state index is 0. The summed E-state index contributed by atoms with van der Waals surface area (Å²) in [5.74, 6) is 0.00769. The summed E-state index contributed by atoms with van der Waals surface area (Å²) in [7, 11) is 0. The second-order valence-electron chi connectivity index (χ2n) is 6.92. The monoisotopic (exact) mass is 302 g/mol. The molecular weight excluding hydrogens is 276 g/mol. The van der Waals surface area contributed by atoms with Gasteiger partial charge in [0.25, 0.3) is 0 Å². The van der Waals surface area contributed by atoms with E-state index in [1.54, 1.807) is 0 Å². The van der Waals surface area contributed by atoms with Crippen LogP contribution in [-0.2, 0) is 16.8 Å². The van der Waals surface area contributed by atoms with Crippen LogP contribution in [0.5, 0.6) is 0 Å². The highest BCUT2D eigenvalue weighted by molar-refractivity contribution is 5.85. The number of amides is 1. The smallest absolute Gasteiger partial charge is 0.234 e. The number of hydrogen-bond donors (Lipinski definition) is 3. The van der Waals surface area contributed by atoms with E-state index in [1.807, 2.05) is 27.0 Å². The van der Waals surface area contributed by atoms with Crippen LogP contribution in [-0.4, -0.2) is 28.2 Å². The number of rotatable bonds is 4. The Labute approximate surface area is 127 Å². The van der Waals surface area contributed by atoms with Gasteiger partial charge in [-0.15, -0.1) is 12.4 Å². The molecule has 1 aromatic rings. The number of H-pyrrole nitrogens is 1. The number of nitrogens with zero attached hydrogens (tertiary/aromatic N) is 1. The molecule has 1 heterocycles. The standard InChI is InChI=1S/C14H26N4O.ClH/c1-13(2,3)12-10(8-16-18-12)7-15-9-11(19)17-14(4,5)6;/h8,15H,7,9H2,1-6H3,(H,16,18)(H,17,19);1H. The van der Waals surface area contributed by atoms with Gasteiger partial charge in [-0.25, -0.2) is 0 Å². The van der Waals surface area contributed by atoms with Crippen LogP contribution >= 0.6 is 12.4 Å². The van der Waals surface area contributed by atoms with Gasteiger partial charge in [-0.3, -0.25) is 9.89 Å². The number of nitrogens with one attached hydrogen (secondary N) is 3. The van der Waals surface area contributed by atoms with E-state index in [0.717, 1.165) is 11.3 Å². The second kappa shape index (κ2) is 7.09. The highest BCUT2D eigenvalue weighted by Gasteiger charge is 2.20. The Morgan fingerprint density at radius 2 is 1.85 bits per heavy atom. The van der Waals surface area contributed by atoms with E-state index in [4.69, 9.17) is 0 Å². The Hall–Kier alpha value is -1.07. The van der Waals surface area contributed by atoms with Crippen LogP contribution in [0.3, 0.4) is 0 Å². The van der Waals surface area contributed by atoms with Crippen LogP contribution in [0, 0.1) is 0 Å². The lowest BCUT2D eigenvalue weighted by Crippen LogP contribution is -2.44. The second-order valence-corrected chi connectivity index (χ2v) is 6.92. The Balaban J connectivity index is 0.00000361. The summed E-state index contributed by atoms with van der Waals surface area (Å²) < 4.78 is 0. The zero-order valence-corrected chi connectivity index (χ0v) is 14.1. The van der Waals surface area contributed by atoms with Crippen molar-refractivity contribution in [3.8, 4) is 0 Å². The Bertz CT molecular complexity index is 429.